The van der Waals surface area contributed by atoms with Crippen molar-refractivity contribution in [2.45, 2.75) is 6.92 Å². The minimum Gasteiger partial charge on any atom is -0.345 e. The Morgan fingerprint density at radius 1 is 1.44 bits per heavy atom. The molecule has 0 aliphatic carbocycles. The average Bonchev–Trinajstić information content (AvgIpc) is 2.98. The first-order valence-corrected chi connectivity index (χ1v) is 6.34. The number of hydrogen-bond acceptors (Lipinski definition) is 5. The van der Waals surface area contributed by atoms with Gasteiger partial charge < -0.3 is 4.98 Å². The molecule has 1 aromatic carbocycles. The molecule has 0 radical (unpaired) electrons. The number of nitrogens with zero attached hydrogens (tertiary/aromatic N) is 3. The maximum Gasteiger partial charge on any atom is 0.203 e. The summed E-state index contributed by atoms with van der Waals surface area (Å²) in [5.74, 6) is 0. The van der Waals surface area contributed by atoms with Crippen LogP contribution in [0.3, 0.4) is 0 Å². The van der Waals surface area contributed by atoms with Gasteiger partial charge >= 0.3 is 0 Å². The summed E-state index contributed by atoms with van der Waals surface area (Å²) >= 11 is 1.53. The summed E-state index contributed by atoms with van der Waals surface area (Å²) in [5, 5.41) is 6.94. The van der Waals surface area contributed by atoms with Crippen LogP contribution in [0.1, 0.15) is 11.3 Å². The molecular weight excluding hydrogens is 246 g/mol. The van der Waals surface area contributed by atoms with Gasteiger partial charge in [0.1, 0.15) is 0 Å². The van der Waals surface area contributed by atoms with E-state index in [0.717, 1.165) is 27.4 Å². The molecule has 0 saturated carbocycles. The van der Waals surface area contributed by atoms with E-state index in [9.17, 15) is 0 Å². The monoisotopic (exact) mass is 257 g/mol. The van der Waals surface area contributed by atoms with Gasteiger partial charge in [0.2, 0.25) is 5.13 Å². The second kappa shape index (κ2) is 4.58. The molecule has 90 valence electrons. The molecule has 3 aromatic rings. The molecule has 0 spiro atoms. The van der Waals surface area contributed by atoms with Crippen molar-refractivity contribution < 1.29 is 0 Å². The van der Waals surface area contributed by atoms with Crippen molar-refractivity contribution in [1.29, 1.82) is 0 Å². The molecule has 0 bridgehead atoms. The molecule has 0 atom stereocenters. The zero-order chi connectivity index (χ0) is 12.4. The normalized spacial score (nSPS) is 11.4. The quantitative estimate of drug-likeness (QED) is 0.560. The minimum absolute atomic E-state index is 0.790. The molecule has 0 fully saturated rings. The molecule has 0 saturated heterocycles. The number of thiazole rings is 1. The minimum atomic E-state index is 0.790. The van der Waals surface area contributed by atoms with Gasteiger partial charge in [-0.2, -0.15) is 5.10 Å². The lowest BCUT2D eigenvalue weighted by Crippen LogP contribution is -1.91. The van der Waals surface area contributed by atoms with Gasteiger partial charge in [-0.05, 0) is 13.0 Å². The highest BCUT2D eigenvalue weighted by atomic mass is 32.1. The van der Waals surface area contributed by atoms with E-state index >= 15 is 0 Å². The van der Waals surface area contributed by atoms with Crippen LogP contribution in [0.4, 0.5) is 5.13 Å². The van der Waals surface area contributed by atoms with E-state index in [0.29, 0.717) is 0 Å². The summed E-state index contributed by atoms with van der Waals surface area (Å²) in [6.45, 7) is 1.95. The number of hydrogen-bond donors (Lipinski definition) is 2. The Balaban J connectivity index is 1.81. The molecular formula is C12H11N5S. The van der Waals surface area contributed by atoms with Gasteiger partial charge in [-0.3, -0.25) is 5.43 Å². The Hall–Kier alpha value is -2.21. The van der Waals surface area contributed by atoms with Crippen LogP contribution in [-0.2, 0) is 0 Å². The number of nitrogens with one attached hydrogen (secondary N) is 2. The lowest BCUT2D eigenvalue weighted by atomic mass is 10.2. The third kappa shape index (κ3) is 2.10. The fourth-order valence-electron chi connectivity index (χ4n) is 1.65. The molecule has 2 N–H and O–H groups in total. The zero-order valence-corrected chi connectivity index (χ0v) is 10.5. The van der Waals surface area contributed by atoms with Crippen LogP contribution in [-0.4, -0.2) is 21.2 Å². The Labute approximate surface area is 108 Å². The zero-order valence-electron chi connectivity index (χ0n) is 9.71. The molecule has 2 aromatic heterocycles. The smallest absolute Gasteiger partial charge is 0.203 e. The lowest BCUT2D eigenvalue weighted by Gasteiger charge is -1.95. The largest absolute Gasteiger partial charge is 0.345 e. The Kier molecular flexibility index (Phi) is 2.77. The van der Waals surface area contributed by atoms with Gasteiger partial charge in [-0.1, -0.05) is 12.1 Å². The van der Waals surface area contributed by atoms with E-state index in [1.54, 1.807) is 12.5 Å². The van der Waals surface area contributed by atoms with Crippen molar-refractivity contribution in [2.75, 3.05) is 5.43 Å². The second-order valence-corrected chi connectivity index (χ2v) is 4.67. The number of imidazole rings is 1. The number of aromatic nitrogens is 3. The molecule has 0 amide bonds. The van der Waals surface area contributed by atoms with Crippen molar-refractivity contribution >= 4 is 33.7 Å². The molecule has 6 heteroatoms. The number of rotatable bonds is 3. The van der Waals surface area contributed by atoms with Crippen molar-refractivity contribution in [3.05, 3.63) is 41.2 Å². The van der Waals surface area contributed by atoms with Crippen LogP contribution in [0.25, 0.3) is 11.0 Å². The van der Waals surface area contributed by atoms with Crippen molar-refractivity contribution in [3.8, 4) is 0 Å². The summed E-state index contributed by atoms with van der Waals surface area (Å²) in [6, 6.07) is 5.92. The van der Waals surface area contributed by atoms with Crippen LogP contribution in [0.5, 0.6) is 0 Å². The van der Waals surface area contributed by atoms with E-state index in [4.69, 9.17) is 0 Å². The molecule has 18 heavy (non-hydrogen) atoms. The lowest BCUT2D eigenvalue weighted by molar-refractivity contribution is 1.22. The van der Waals surface area contributed by atoms with E-state index < -0.39 is 0 Å². The standard InChI is InChI=1S/C12H11N5S/c1-8-6-18-12(16-8)17-15-5-9-3-2-4-10-11(9)14-7-13-10/h2-7H,1H3,(H,13,14)(H,16,17). The number of para-hydroxylation sites is 1. The average molecular weight is 257 g/mol. The molecule has 0 aliphatic heterocycles. The van der Waals surface area contributed by atoms with Crippen LogP contribution in [0, 0.1) is 6.92 Å². The fraction of sp³-hybridized carbons (Fsp3) is 0.0833. The molecule has 0 aliphatic rings. The number of aromatic amines is 1. The number of fused-ring (bicyclic) bond motifs is 1. The number of benzene rings is 1. The van der Waals surface area contributed by atoms with E-state index in [2.05, 4.69) is 25.5 Å². The summed E-state index contributed by atoms with van der Waals surface area (Å²) in [7, 11) is 0. The first kappa shape index (κ1) is 10.9. The SMILES string of the molecule is Cc1csc(NN=Cc2cccc3[nH]cnc23)n1. The molecule has 0 unspecified atom stereocenters. The Morgan fingerprint density at radius 3 is 3.22 bits per heavy atom. The maximum atomic E-state index is 4.27. The summed E-state index contributed by atoms with van der Waals surface area (Å²) in [6.07, 6.45) is 3.43. The highest BCUT2D eigenvalue weighted by Crippen LogP contribution is 2.15. The van der Waals surface area contributed by atoms with E-state index in [-0.39, 0.29) is 0 Å². The highest BCUT2D eigenvalue weighted by molar-refractivity contribution is 7.13. The molecule has 3 rings (SSSR count). The predicted molar refractivity (Wildman–Crippen MR) is 74.2 cm³/mol. The third-order valence-corrected chi connectivity index (χ3v) is 3.33. The van der Waals surface area contributed by atoms with Gasteiger partial charge in [0.05, 0.1) is 29.3 Å². The third-order valence-electron chi connectivity index (χ3n) is 2.46. The maximum absolute atomic E-state index is 4.27. The van der Waals surface area contributed by atoms with Crippen LogP contribution < -0.4 is 5.43 Å². The molecule has 5 nitrogen and oxygen atoms in total. The Morgan fingerprint density at radius 2 is 2.39 bits per heavy atom. The summed E-state index contributed by atoms with van der Waals surface area (Å²) < 4.78 is 0. The van der Waals surface area contributed by atoms with E-state index in [1.807, 2.05) is 30.5 Å². The number of anilines is 1. The van der Waals surface area contributed by atoms with Gasteiger partial charge in [-0.15, -0.1) is 11.3 Å². The van der Waals surface area contributed by atoms with Crippen molar-refractivity contribution in [1.82, 2.24) is 15.0 Å². The van der Waals surface area contributed by atoms with Crippen molar-refractivity contribution in [3.63, 3.8) is 0 Å². The van der Waals surface area contributed by atoms with Crippen molar-refractivity contribution in [2.24, 2.45) is 5.10 Å². The second-order valence-electron chi connectivity index (χ2n) is 3.81. The summed E-state index contributed by atoms with van der Waals surface area (Å²) in [5.41, 5.74) is 6.79. The van der Waals surface area contributed by atoms with Crippen LogP contribution in [0.15, 0.2) is 35.0 Å². The fourth-order valence-corrected chi connectivity index (χ4v) is 2.29. The van der Waals surface area contributed by atoms with Gasteiger partial charge in [-0.25, -0.2) is 9.97 Å². The molecule has 2 heterocycles. The van der Waals surface area contributed by atoms with Crippen LogP contribution >= 0.6 is 11.3 Å². The number of aryl methyl sites for hydroxylation is 1. The highest BCUT2D eigenvalue weighted by Gasteiger charge is 2.00. The first-order chi connectivity index (χ1) is 8.83. The predicted octanol–water partition coefficient (Wildman–Crippen LogP) is 2.77. The summed E-state index contributed by atoms with van der Waals surface area (Å²) in [4.78, 5) is 11.6. The van der Waals surface area contributed by atoms with Gasteiger partial charge in [0.15, 0.2) is 0 Å². The van der Waals surface area contributed by atoms with E-state index in [1.165, 1.54) is 11.3 Å². The van der Waals surface area contributed by atoms with Gasteiger partial charge in [0.25, 0.3) is 0 Å². The van der Waals surface area contributed by atoms with Crippen LogP contribution in [0.2, 0.25) is 0 Å². The van der Waals surface area contributed by atoms with Gasteiger partial charge in [0, 0.05) is 10.9 Å². The number of hydrazone groups is 1. The number of H-pyrrole nitrogens is 1. The first-order valence-electron chi connectivity index (χ1n) is 5.46. The topological polar surface area (TPSA) is 66.0 Å². The Bertz CT molecular complexity index is 697.